The fraction of sp³-hybridized carbons (Fsp3) is 0.400. The van der Waals surface area contributed by atoms with Gasteiger partial charge >= 0.3 is 11.9 Å². The predicted molar refractivity (Wildman–Crippen MR) is 55.9 cm³/mol. The molecule has 0 spiro atoms. The van der Waals surface area contributed by atoms with Gasteiger partial charge in [0.05, 0.1) is 12.8 Å². The molecular formula is C10H12O8Ti. The normalized spacial score (nSPS) is 8.11. The Labute approximate surface area is 123 Å². The van der Waals surface area contributed by atoms with E-state index in [9.17, 15) is 28.8 Å². The van der Waals surface area contributed by atoms with Crippen LogP contribution in [-0.4, -0.2) is 45.3 Å². The van der Waals surface area contributed by atoms with Crippen LogP contribution < -0.4 is 0 Å². The fourth-order valence-electron chi connectivity index (χ4n) is 0.603. The largest absolute Gasteiger partial charge is 0.475 e. The minimum Gasteiger partial charge on any atom is -0.475 e. The zero-order valence-electron chi connectivity index (χ0n) is 10.3. The molecule has 0 heterocycles. The Morgan fingerprint density at radius 1 is 0.684 bits per heavy atom. The molecule has 2 N–H and O–H groups in total. The third-order valence-electron chi connectivity index (χ3n) is 1.30. The molecular weight excluding hydrogens is 296 g/mol. The average molecular weight is 308 g/mol. The molecule has 8 nitrogen and oxygen atoms in total. The third kappa shape index (κ3) is 16.3. The molecule has 0 aliphatic heterocycles. The summed E-state index contributed by atoms with van der Waals surface area (Å²) in [4.78, 5) is 59.9. The van der Waals surface area contributed by atoms with E-state index in [1.807, 2.05) is 0 Å². The van der Waals surface area contributed by atoms with Gasteiger partial charge in [0.1, 0.15) is 11.6 Å². The van der Waals surface area contributed by atoms with Crippen molar-refractivity contribution in [1.82, 2.24) is 0 Å². The maximum atomic E-state index is 10.1. The third-order valence-corrected chi connectivity index (χ3v) is 1.30. The van der Waals surface area contributed by atoms with E-state index in [2.05, 4.69) is 0 Å². The van der Waals surface area contributed by atoms with Crippen LogP contribution in [0.4, 0.5) is 0 Å². The molecule has 19 heavy (non-hydrogen) atoms. The number of carbonyl (C=O) groups excluding carboxylic acids is 4. The summed E-state index contributed by atoms with van der Waals surface area (Å²) < 4.78 is 0. The molecule has 0 unspecified atom stereocenters. The predicted octanol–water partition coefficient (Wildman–Crippen LogP) is -0.764. The van der Waals surface area contributed by atoms with Crippen molar-refractivity contribution in [1.29, 1.82) is 0 Å². The van der Waals surface area contributed by atoms with Gasteiger partial charge in [-0.2, -0.15) is 0 Å². The molecule has 0 atom stereocenters. The Bertz CT molecular complexity index is 360. The molecule has 0 aromatic heterocycles. The van der Waals surface area contributed by atoms with Crippen LogP contribution in [-0.2, 0) is 50.5 Å². The van der Waals surface area contributed by atoms with Gasteiger partial charge in [-0.05, 0) is 13.8 Å². The molecule has 9 heteroatoms. The van der Waals surface area contributed by atoms with Crippen LogP contribution in [0.25, 0.3) is 0 Å². The van der Waals surface area contributed by atoms with E-state index in [4.69, 9.17) is 10.2 Å². The van der Waals surface area contributed by atoms with Crippen molar-refractivity contribution in [2.24, 2.45) is 0 Å². The summed E-state index contributed by atoms with van der Waals surface area (Å²) in [6, 6.07) is 0. The van der Waals surface area contributed by atoms with E-state index in [1.54, 1.807) is 0 Å². The van der Waals surface area contributed by atoms with Gasteiger partial charge in [0, 0.05) is 21.7 Å². The van der Waals surface area contributed by atoms with Gasteiger partial charge in [-0.25, -0.2) is 9.59 Å². The molecule has 0 aliphatic rings. The molecule has 0 fully saturated rings. The van der Waals surface area contributed by atoms with Crippen LogP contribution in [0.1, 0.15) is 26.7 Å². The maximum Gasteiger partial charge on any atom is 0.372 e. The van der Waals surface area contributed by atoms with E-state index in [0.717, 1.165) is 0 Å². The first-order chi connectivity index (χ1) is 8.07. The molecule has 0 amide bonds. The molecule has 0 saturated carbocycles. The second kappa shape index (κ2) is 11.4. The fourth-order valence-corrected chi connectivity index (χ4v) is 0.603. The van der Waals surface area contributed by atoms with Gasteiger partial charge in [-0.15, -0.1) is 0 Å². The number of rotatable bonds is 6. The van der Waals surface area contributed by atoms with E-state index >= 15 is 0 Å². The van der Waals surface area contributed by atoms with Crippen molar-refractivity contribution >= 4 is 35.1 Å². The van der Waals surface area contributed by atoms with Crippen molar-refractivity contribution in [3.8, 4) is 0 Å². The van der Waals surface area contributed by atoms with Crippen LogP contribution in [0.2, 0.25) is 0 Å². The summed E-state index contributed by atoms with van der Waals surface area (Å²) in [6.45, 7) is 2.33. The Morgan fingerprint density at radius 2 is 0.895 bits per heavy atom. The van der Waals surface area contributed by atoms with Crippen LogP contribution in [0.15, 0.2) is 0 Å². The Morgan fingerprint density at radius 3 is 0.947 bits per heavy atom. The minimum absolute atomic E-state index is 0. The summed E-state index contributed by atoms with van der Waals surface area (Å²) >= 11 is 0. The monoisotopic (exact) mass is 308 g/mol. The standard InChI is InChI=1S/2C5H6O4.Ti/c2*1-3(6)2-4(7)5(8)9;/h2*2H2,1H3,(H,8,9);. The summed E-state index contributed by atoms with van der Waals surface area (Å²) in [6.07, 6.45) is -1.01. The van der Waals surface area contributed by atoms with Gasteiger partial charge in [-0.1, -0.05) is 0 Å². The first kappa shape index (κ1) is 22.5. The van der Waals surface area contributed by atoms with Crippen molar-refractivity contribution in [2.45, 2.75) is 26.7 Å². The molecule has 0 saturated heterocycles. The summed E-state index contributed by atoms with van der Waals surface area (Å²) in [5.41, 5.74) is 0. The minimum atomic E-state index is -1.55. The first-order valence-corrected chi connectivity index (χ1v) is 4.59. The summed E-state index contributed by atoms with van der Waals surface area (Å²) in [7, 11) is 0. The van der Waals surface area contributed by atoms with Crippen molar-refractivity contribution in [3.05, 3.63) is 0 Å². The number of carboxylic acid groups (broad SMARTS) is 2. The average Bonchev–Trinajstić information content (AvgIpc) is 2.16. The number of hydrogen-bond acceptors (Lipinski definition) is 6. The second-order valence-corrected chi connectivity index (χ2v) is 3.21. The Kier molecular flexibility index (Phi) is 13.5. The Hall–Kier alpha value is -1.67. The quantitative estimate of drug-likeness (QED) is 0.370. The molecule has 0 aromatic carbocycles. The first-order valence-electron chi connectivity index (χ1n) is 4.59. The van der Waals surface area contributed by atoms with Crippen molar-refractivity contribution in [2.75, 3.05) is 0 Å². The number of aliphatic carboxylic acids is 2. The summed E-state index contributed by atoms with van der Waals surface area (Å²) in [5.74, 6) is -6.06. The SMILES string of the molecule is CC(=O)CC(=O)C(=O)O.CC(=O)CC(=O)C(=O)O.[Ti]. The van der Waals surface area contributed by atoms with E-state index < -0.39 is 47.9 Å². The topological polar surface area (TPSA) is 143 Å². The van der Waals surface area contributed by atoms with E-state index in [0.29, 0.717) is 0 Å². The number of ketones is 4. The number of carbonyl (C=O) groups is 6. The van der Waals surface area contributed by atoms with E-state index in [-0.39, 0.29) is 21.7 Å². The molecule has 0 aromatic rings. The molecule has 0 radical (unpaired) electrons. The van der Waals surface area contributed by atoms with Gasteiger partial charge in [0.2, 0.25) is 11.6 Å². The second-order valence-electron chi connectivity index (χ2n) is 3.21. The molecule has 104 valence electrons. The maximum absolute atomic E-state index is 10.1. The number of hydrogen-bond donors (Lipinski definition) is 2. The van der Waals surface area contributed by atoms with Crippen LogP contribution in [0, 0.1) is 0 Å². The van der Waals surface area contributed by atoms with E-state index in [1.165, 1.54) is 13.8 Å². The number of Topliss-reactive ketones (excluding diaryl/α,β-unsaturated/α-hetero) is 4. The zero-order chi connectivity index (χ0) is 14.9. The summed E-state index contributed by atoms with van der Waals surface area (Å²) in [5, 5.41) is 15.9. The van der Waals surface area contributed by atoms with Crippen molar-refractivity contribution in [3.63, 3.8) is 0 Å². The Balaban J connectivity index is -0.000000256. The van der Waals surface area contributed by atoms with Crippen LogP contribution in [0.3, 0.4) is 0 Å². The zero-order valence-corrected chi connectivity index (χ0v) is 11.8. The smallest absolute Gasteiger partial charge is 0.372 e. The number of carboxylic acids is 2. The molecule has 0 bridgehead atoms. The van der Waals surface area contributed by atoms with Gasteiger partial charge in [0.15, 0.2) is 0 Å². The van der Waals surface area contributed by atoms with Crippen LogP contribution >= 0.6 is 0 Å². The van der Waals surface area contributed by atoms with Crippen molar-refractivity contribution < 1.29 is 60.7 Å². The van der Waals surface area contributed by atoms with Crippen LogP contribution in [0.5, 0.6) is 0 Å². The van der Waals surface area contributed by atoms with Gasteiger partial charge in [-0.3, -0.25) is 19.2 Å². The molecule has 0 aliphatic carbocycles. The van der Waals surface area contributed by atoms with Gasteiger partial charge < -0.3 is 10.2 Å². The molecule has 0 rings (SSSR count). The van der Waals surface area contributed by atoms with Gasteiger partial charge in [0.25, 0.3) is 0 Å².